The number of rotatable bonds is 5. The van der Waals surface area contributed by atoms with Gasteiger partial charge in [-0.1, -0.05) is 15.9 Å². The Morgan fingerprint density at radius 1 is 1.24 bits per heavy atom. The molecule has 0 aliphatic heterocycles. The monoisotopic (exact) mass is 414 g/mol. The first-order valence-corrected chi connectivity index (χ1v) is 7.70. The van der Waals surface area contributed by atoms with Crippen molar-refractivity contribution in [1.82, 2.24) is 4.98 Å². The molecule has 21 heavy (non-hydrogen) atoms. The molecule has 2 aromatic rings. The molecule has 8 heteroatoms. The molecule has 0 unspecified atom stereocenters. The van der Waals surface area contributed by atoms with Gasteiger partial charge in [0.05, 0.1) is 22.7 Å². The van der Waals surface area contributed by atoms with Crippen LogP contribution < -0.4 is 10.6 Å². The second-order valence-electron chi connectivity index (χ2n) is 4.13. The van der Waals surface area contributed by atoms with E-state index >= 15 is 0 Å². The molecule has 0 fully saturated rings. The number of nitrogens with one attached hydrogen (secondary N) is 2. The van der Waals surface area contributed by atoms with Crippen LogP contribution in [0, 0.1) is 10.1 Å². The Labute approximate surface area is 138 Å². The Kier molecular flexibility index (Phi) is 5.13. The molecule has 0 atom stereocenters. The van der Waals surface area contributed by atoms with E-state index in [1.54, 1.807) is 0 Å². The Balaban J connectivity index is 2.36. The zero-order chi connectivity index (χ0) is 15.4. The molecular formula is C13H12Br2N4O2. The summed E-state index contributed by atoms with van der Waals surface area (Å²) >= 11 is 6.80. The van der Waals surface area contributed by atoms with E-state index in [2.05, 4.69) is 47.5 Å². The molecule has 0 aliphatic carbocycles. The van der Waals surface area contributed by atoms with Crippen molar-refractivity contribution in [2.45, 2.75) is 6.92 Å². The van der Waals surface area contributed by atoms with Crippen LogP contribution in [0.4, 0.5) is 23.0 Å². The Hall–Kier alpha value is -1.67. The zero-order valence-corrected chi connectivity index (χ0v) is 14.2. The smallest absolute Gasteiger partial charge is 0.276 e. The van der Waals surface area contributed by atoms with Crippen LogP contribution in [-0.2, 0) is 0 Å². The second kappa shape index (κ2) is 6.86. The maximum Gasteiger partial charge on any atom is 0.276 e. The molecule has 1 heterocycles. The maximum absolute atomic E-state index is 11.0. The van der Waals surface area contributed by atoms with Gasteiger partial charge in [0.15, 0.2) is 0 Å². The number of nitrogens with zero attached hydrogens (tertiary/aromatic N) is 2. The lowest BCUT2D eigenvalue weighted by Crippen LogP contribution is -2.03. The third kappa shape index (κ3) is 4.15. The number of hydrogen-bond acceptors (Lipinski definition) is 5. The van der Waals surface area contributed by atoms with Gasteiger partial charge in [0.25, 0.3) is 5.69 Å². The number of nitro groups is 1. The highest BCUT2D eigenvalue weighted by atomic mass is 79.9. The van der Waals surface area contributed by atoms with Gasteiger partial charge in [0.2, 0.25) is 0 Å². The van der Waals surface area contributed by atoms with Gasteiger partial charge in [0, 0.05) is 15.5 Å². The van der Waals surface area contributed by atoms with E-state index in [0.717, 1.165) is 14.6 Å². The van der Waals surface area contributed by atoms with Crippen molar-refractivity contribution < 1.29 is 4.92 Å². The van der Waals surface area contributed by atoms with Gasteiger partial charge in [0.1, 0.15) is 11.6 Å². The number of benzene rings is 1. The molecule has 0 aliphatic rings. The Bertz CT molecular complexity index is 679. The standard InChI is InChI=1S/C13H12Br2N4O2/c1-2-16-12-6-9(19(20)21)7-13(18-12)17-11-4-3-8(14)5-10(11)15/h3-7H,2H2,1H3,(H2,16,17,18). The molecule has 110 valence electrons. The summed E-state index contributed by atoms with van der Waals surface area (Å²) in [5, 5.41) is 17.0. The Morgan fingerprint density at radius 2 is 1.95 bits per heavy atom. The maximum atomic E-state index is 11.0. The van der Waals surface area contributed by atoms with Crippen molar-refractivity contribution in [3.05, 3.63) is 49.4 Å². The summed E-state index contributed by atoms with van der Waals surface area (Å²) in [5.41, 5.74) is 0.755. The van der Waals surface area contributed by atoms with Gasteiger partial charge >= 0.3 is 0 Å². The summed E-state index contributed by atoms with van der Waals surface area (Å²) in [6, 6.07) is 8.41. The fourth-order valence-electron chi connectivity index (χ4n) is 1.69. The van der Waals surface area contributed by atoms with Gasteiger partial charge in [-0.3, -0.25) is 10.1 Å². The van der Waals surface area contributed by atoms with E-state index in [4.69, 9.17) is 0 Å². The third-order valence-corrected chi connectivity index (χ3v) is 3.72. The van der Waals surface area contributed by atoms with Crippen LogP contribution in [0.15, 0.2) is 39.3 Å². The van der Waals surface area contributed by atoms with E-state index in [1.165, 1.54) is 12.1 Å². The summed E-state index contributed by atoms with van der Waals surface area (Å²) in [4.78, 5) is 14.8. The SMILES string of the molecule is CCNc1cc([N+](=O)[O-])cc(Nc2ccc(Br)cc2Br)n1. The number of aromatic nitrogens is 1. The molecule has 0 saturated carbocycles. The normalized spacial score (nSPS) is 10.2. The van der Waals surface area contributed by atoms with E-state index < -0.39 is 4.92 Å². The van der Waals surface area contributed by atoms with Gasteiger partial charge in [-0.25, -0.2) is 4.98 Å². The first-order valence-electron chi connectivity index (χ1n) is 6.12. The minimum atomic E-state index is -0.440. The molecule has 6 nitrogen and oxygen atoms in total. The minimum Gasteiger partial charge on any atom is -0.370 e. The van der Waals surface area contributed by atoms with Crippen LogP contribution in [0.1, 0.15) is 6.92 Å². The van der Waals surface area contributed by atoms with Crippen molar-refractivity contribution in [2.24, 2.45) is 0 Å². The minimum absolute atomic E-state index is 0.0170. The molecule has 0 amide bonds. The van der Waals surface area contributed by atoms with Crippen molar-refractivity contribution in [3.63, 3.8) is 0 Å². The van der Waals surface area contributed by atoms with E-state index in [1.807, 2.05) is 25.1 Å². The molecule has 2 N–H and O–H groups in total. The molecule has 0 radical (unpaired) electrons. The van der Waals surface area contributed by atoms with Gasteiger partial charge in [-0.05, 0) is 41.1 Å². The fourth-order valence-corrected chi connectivity index (χ4v) is 2.83. The van der Waals surface area contributed by atoms with Crippen LogP contribution in [0.5, 0.6) is 0 Å². The highest BCUT2D eigenvalue weighted by molar-refractivity contribution is 9.11. The van der Waals surface area contributed by atoms with Crippen molar-refractivity contribution >= 4 is 54.9 Å². The predicted octanol–water partition coefficient (Wildman–Crippen LogP) is 4.69. The van der Waals surface area contributed by atoms with E-state index in [0.29, 0.717) is 18.2 Å². The van der Waals surface area contributed by atoms with Crippen LogP contribution in [0.2, 0.25) is 0 Å². The lowest BCUT2D eigenvalue weighted by molar-refractivity contribution is -0.384. The average molecular weight is 416 g/mol. The third-order valence-electron chi connectivity index (χ3n) is 2.57. The highest BCUT2D eigenvalue weighted by Gasteiger charge is 2.12. The van der Waals surface area contributed by atoms with Crippen molar-refractivity contribution in [3.8, 4) is 0 Å². The second-order valence-corrected chi connectivity index (χ2v) is 5.90. The largest absolute Gasteiger partial charge is 0.370 e. The first kappa shape index (κ1) is 15.7. The lowest BCUT2D eigenvalue weighted by Gasteiger charge is -2.10. The van der Waals surface area contributed by atoms with Gasteiger partial charge in [-0.2, -0.15) is 0 Å². The van der Waals surface area contributed by atoms with Crippen molar-refractivity contribution in [2.75, 3.05) is 17.2 Å². The number of hydrogen-bond donors (Lipinski definition) is 2. The first-order chi connectivity index (χ1) is 9.99. The fraction of sp³-hybridized carbons (Fsp3) is 0.154. The summed E-state index contributed by atoms with van der Waals surface area (Å²) in [7, 11) is 0. The van der Waals surface area contributed by atoms with Crippen LogP contribution >= 0.6 is 31.9 Å². The summed E-state index contributed by atoms with van der Waals surface area (Å²) in [6.45, 7) is 2.54. The van der Waals surface area contributed by atoms with Gasteiger partial charge < -0.3 is 10.6 Å². The lowest BCUT2D eigenvalue weighted by atomic mass is 10.3. The molecule has 0 saturated heterocycles. The molecule has 1 aromatic carbocycles. The zero-order valence-electron chi connectivity index (χ0n) is 11.1. The highest BCUT2D eigenvalue weighted by Crippen LogP contribution is 2.30. The van der Waals surface area contributed by atoms with Gasteiger partial charge in [-0.15, -0.1) is 0 Å². The number of pyridine rings is 1. The van der Waals surface area contributed by atoms with Crippen LogP contribution in [0.3, 0.4) is 0 Å². The topological polar surface area (TPSA) is 80.1 Å². The summed E-state index contributed by atoms with van der Waals surface area (Å²) in [5.74, 6) is 0.866. The summed E-state index contributed by atoms with van der Waals surface area (Å²) in [6.07, 6.45) is 0. The quantitative estimate of drug-likeness (QED) is 0.546. The van der Waals surface area contributed by atoms with Crippen LogP contribution in [0.25, 0.3) is 0 Å². The molecular weight excluding hydrogens is 404 g/mol. The van der Waals surface area contributed by atoms with E-state index in [9.17, 15) is 10.1 Å². The predicted molar refractivity (Wildman–Crippen MR) is 90.2 cm³/mol. The summed E-state index contributed by atoms with van der Waals surface area (Å²) < 4.78 is 1.76. The van der Waals surface area contributed by atoms with Crippen LogP contribution in [-0.4, -0.2) is 16.5 Å². The van der Waals surface area contributed by atoms with E-state index in [-0.39, 0.29) is 5.69 Å². The molecule has 1 aromatic heterocycles. The van der Waals surface area contributed by atoms with Crippen molar-refractivity contribution in [1.29, 1.82) is 0 Å². The molecule has 2 rings (SSSR count). The average Bonchev–Trinajstić information content (AvgIpc) is 2.42. The molecule has 0 spiro atoms. The number of halogens is 2. The Morgan fingerprint density at radius 3 is 2.57 bits per heavy atom. The molecule has 0 bridgehead atoms. The number of anilines is 3.